The zero-order chi connectivity index (χ0) is 13.1. The lowest BCUT2D eigenvalue weighted by Gasteiger charge is -2.14. The van der Waals surface area contributed by atoms with Gasteiger partial charge < -0.3 is 15.2 Å². The standard InChI is InChI=1S/C13H19N3O2/c1-8-5-9(2)16-13(11(8)12(14)15)18-7-10-3-4-17-6-10/h5,10H,3-4,6-7H2,1-2H3,(H3,14,15). The SMILES string of the molecule is Cc1cc(C)c(C(=N)N)c(OCC2CCOC2)n1. The molecule has 1 atom stereocenters. The van der Waals surface area contributed by atoms with Crippen LogP contribution in [0.3, 0.4) is 0 Å². The van der Waals surface area contributed by atoms with Crippen LogP contribution in [0.5, 0.6) is 5.88 Å². The van der Waals surface area contributed by atoms with Crippen LogP contribution in [0.15, 0.2) is 6.07 Å². The van der Waals surface area contributed by atoms with Crippen molar-refractivity contribution in [1.82, 2.24) is 4.98 Å². The Hall–Kier alpha value is -1.62. The van der Waals surface area contributed by atoms with Crippen LogP contribution < -0.4 is 10.5 Å². The fraction of sp³-hybridized carbons (Fsp3) is 0.538. The van der Waals surface area contributed by atoms with Crippen LogP contribution in [0.4, 0.5) is 0 Å². The molecule has 0 amide bonds. The van der Waals surface area contributed by atoms with E-state index in [9.17, 15) is 0 Å². The lowest BCUT2D eigenvalue weighted by Crippen LogP contribution is -2.19. The van der Waals surface area contributed by atoms with E-state index in [0.29, 0.717) is 24.0 Å². The molecule has 1 unspecified atom stereocenters. The molecule has 0 aliphatic carbocycles. The highest BCUT2D eigenvalue weighted by atomic mass is 16.5. The van der Waals surface area contributed by atoms with E-state index in [4.69, 9.17) is 20.6 Å². The molecule has 2 heterocycles. The van der Waals surface area contributed by atoms with E-state index >= 15 is 0 Å². The third-order valence-electron chi connectivity index (χ3n) is 3.06. The molecule has 5 heteroatoms. The quantitative estimate of drug-likeness (QED) is 0.624. The average molecular weight is 249 g/mol. The Labute approximate surface area is 107 Å². The number of nitrogen functional groups attached to an aromatic ring is 1. The van der Waals surface area contributed by atoms with E-state index in [1.54, 1.807) is 0 Å². The molecule has 18 heavy (non-hydrogen) atoms. The third kappa shape index (κ3) is 2.79. The van der Waals surface area contributed by atoms with Crippen LogP contribution in [-0.4, -0.2) is 30.6 Å². The maximum atomic E-state index is 7.61. The summed E-state index contributed by atoms with van der Waals surface area (Å²) in [4.78, 5) is 4.33. The molecule has 1 aromatic rings. The molecular formula is C13H19N3O2. The Morgan fingerprint density at radius 1 is 1.61 bits per heavy atom. The highest BCUT2D eigenvalue weighted by Gasteiger charge is 2.19. The summed E-state index contributed by atoms with van der Waals surface area (Å²) in [6, 6.07) is 1.91. The van der Waals surface area contributed by atoms with Crippen LogP contribution in [-0.2, 0) is 4.74 Å². The van der Waals surface area contributed by atoms with Crippen molar-refractivity contribution in [3.8, 4) is 5.88 Å². The predicted octanol–water partition coefficient (Wildman–Crippen LogP) is 1.40. The first-order valence-electron chi connectivity index (χ1n) is 6.11. The van der Waals surface area contributed by atoms with Gasteiger partial charge in [0.2, 0.25) is 5.88 Å². The van der Waals surface area contributed by atoms with E-state index in [0.717, 1.165) is 30.9 Å². The van der Waals surface area contributed by atoms with Gasteiger partial charge in [0.05, 0.1) is 18.8 Å². The first-order chi connectivity index (χ1) is 8.58. The van der Waals surface area contributed by atoms with Crippen molar-refractivity contribution in [1.29, 1.82) is 5.41 Å². The van der Waals surface area contributed by atoms with Crippen LogP contribution in [0.25, 0.3) is 0 Å². The van der Waals surface area contributed by atoms with Gasteiger partial charge in [-0.05, 0) is 31.9 Å². The second-order valence-corrected chi connectivity index (χ2v) is 4.71. The lowest BCUT2D eigenvalue weighted by atomic mass is 10.1. The van der Waals surface area contributed by atoms with Crippen molar-refractivity contribution in [2.75, 3.05) is 19.8 Å². The molecular weight excluding hydrogens is 230 g/mol. The highest BCUT2D eigenvalue weighted by Crippen LogP contribution is 2.22. The number of hydrogen-bond acceptors (Lipinski definition) is 4. The monoisotopic (exact) mass is 249 g/mol. The number of nitrogens with one attached hydrogen (secondary N) is 1. The summed E-state index contributed by atoms with van der Waals surface area (Å²) in [6.45, 7) is 5.92. The molecule has 5 nitrogen and oxygen atoms in total. The van der Waals surface area contributed by atoms with E-state index < -0.39 is 0 Å². The summed E-state index contributed by atoms with van der Waals surface area (Å²) in [7, 11) is 0. The second-order valence-electron chi connectivity index (χ2n) is 4.71. The maximum Gasteiger partial charge on any atom is 0.225 e. The van der Waals surface area contributed by atoms with Crippen molar-refractivity contribution in [3.63, 3.8) is 0 Å². The molecule has 2 rings (SSSR count). The minimum absolute atomic E-state index is 0.00216. The number of ether oxygens (including phenoxy) is 2. The van der Waals surface area contributed by atoms with Gasteiger partial charge >= 0.3 is 0 Å². The van der Waals surface area contributed by atoms with Crippen molar-refractivity contribution in [2.24, 2.45) is 11.7 Å². The number of hydrogen-bond donors (Lipinski definition) is 2. The van der Waals surface area contributed by atoms with Crippen molar-refractivity contribution < 1.29 is 9.47 Å². The van der Waals surface area contributed by atoms with Crippen molar-refractivity contribution >= 4 is 5.84 Å². The van der Waals surface area contributed by atoms with Gasteiger partial charge in [0.15, 0.2) is 0 Å². The number of nitrogens with zero attached hydrogens (tertiary/aromatic N) is 1. The van der Waals surface area contributed by atoms with Gasteiger partial charge in [-0.2, -0.15) is 0 Å². The zero-order valence-electron chi connectivity index (χ0n) is 10.8. The fourth-order valence-electron chi connectivity index (χ4n) is 2.15. The number of aromatic nitrogens is 1. The molecule has 3 N–H and O–H groups in total. The molecule has 98 valence electrons. The topological polar surface area (TPSA) is 81.2 Å². The van der Waals surface area contributed by atoms with Gasteiger partial charge in [-0.25, -0.2) is 4.98 Å². The van der Waals surface area contributed by atoms with Crippen molar-refractivity contribution in [3.05, 3.63) is 22.9 Å². The highest BCUT2D eigenvalue weighted by molar-refractivity contribution is 5.98. The molecule has 1 aromatic heterocycles. The molecule has 1 aliphatic heterocycles. The molecule has 0 bridgehead atoms. The summed E-state index contributed by atoms with van der Waals surface area (Å²) in [5, 5.41) is 7.61. The average Bonchev–Trinajstić information content (AvgIpc) is 2.77. The van der Waals surface area contributed by atoms with Crippen LogP contribution >= 0.6 is 0 Å². The van der Waals surface area contributed by atoms with E-state index in [1.807, 2.05) is 19.9 Å². The number of nitrogens with two attached hydrogens (primary N) is 1. The Morgan fingerprint density at radius 3 is 3.00 bits per heavy atom. The zero-order valence-corrected chi connectivity index (χ0v) is 10.8. The minimum atomic E-state index is -0.00216. The summed E-state index contributed by atoms with van der Waals surface area (Å²) >= 11 is 0. The smallest absolute Gasteiger partial charge is 0.225 e. The fourth-order valence-corrected chi connectivity index (χ4v) is 2.15. The molecule has 1 aliphatic rings. The summed E-state index contributed by atoms with van der Waals surface area (Å²) in [5.41, 5.74) is 7.98. The molecule has 0 radical (unpaired) electrons. The third-order valence-corrected chi connectivity index (χ3v) is 3.06. The van der Waals surface area contributed by atoms with E-state index in [2.05, 4.69) is 4.98 Å². The Kier molecular flexibility index (Phi) is 3.81. The van der Waals surface area contributed by atoms with Crippen LogP contribution in [0, 0.1) is 25.2 Å². The lowest BCUT2D eigenvalue weighted by molar-refractivity contribution is 0.165. The Bertz CT molecular complexity index is 454. The van der Waals surface area contributed by atoms with Crippen LogP contribution in [0.1, 0.15) is 23.2 Å². The van der Waals surface area contributed by atoms with E-state index in [-0.39, 0.29) is 5.84 Å². The largest absolute Gasteiger partial charge is 0.477 e. The summed E-state index contributed by atoms with van der Waals surface area (Å²) in [6.07, 6.45) is 1.01. The Balaban J connectivity index is 2.16. The molecule has 1 fully saturated rings. The Morgan fingerprint density at radius 2 is 2.39 bits per heavy atom. The van der Waals surface area contributed by atoms with Gasteiger partial charge in [-0.15, -0.1) is 0 Å². The first-order valence-corrected chi connectivity index (χ1v) is 6.11. The molecule has 0 spiro atoms. The minimum Gasteiger partial charge on any atom is -0.477 e. The molecule has 1 saturated heterocycles. The normalized spacial score (nSPS) is 18.9. The van der Waals surface area contributed by atoms with E-state index in [1.165, 1.54) is 0 Å². The summed E-state index contributed by atoms with van der Waals surface area (Å²) in [5.74, 6) is 0.872. The van der Waals surface area contributed by atoms with Gasteiger partial charge in [0.25, 0.3) is 0 Å². The number of pyridine rings is 1. The number of aryl methyl sites for hydroxylation is 2. The van der Waals surface area contributed by atoms with Crippen molar-refractivity contribution in [2.45, 2.75) is 20.3 Å². The number of rotatable bonds is 4. The van der Waals surface area contributed by atoms with Gasteiger partial charge in [-0.1, -0.05) is 0 Å². The summed E-state index contributed by atoms with van der Waals surface area (Å²) < 4.78 is 11.0. The maximum absolute atomic E-state index is 7.61. The molecule has 0 aromatic carbocycles. The van der Waals surface area contributed by atoms with Gasteiger partial charge in [-0.3, -0.25) is 5.41 Å². The predicted molar refractivity (Wildman–Crippen MR) is 69.1 cm³/mol. The van der Waals surface area contributed by atoms with Crippen LogP contribution in [0.2, 0.25) is 0 Å². The second kappa shape index (κ2) is 5.35. The first kappa shape index (κ1) is 12.8. The molecule has 0 saturated carbocycles. The van der Waals surface area contributed by atoms with Gasteiger partial charge in [0, 0.05) is 18.2 Å². The van der Waals surface area contributed by atoms with Gasteiger partial charge in [0.1, 0.15) is 5.84 Å². The number of amidine groups is 1.